The molecule has 2 atom stereocenters. The number of piperazine rings is 1. The molecule has 1 fully saturated rings. The number of rotatable bonds is 4. The lowest BCUT2D eigenvalue weighted by Crippen LogP contribution is -2.58. The van der Waals surface area contributed by atoms with Crippen LogP contribution in [0.2, 0.25) is 0 Å². The van der Waals surface area contributed by atoms with Crippen molar-refractivity contribution in [2.75, 3.05) is 26.7 Å². The second-order valence-electron chi connectivity index (χ2n) is 5.50. The van der Waals surface area contributed by atoms with Crippen molar-refractivity contribution in [3.05, 3.63) is 0 Å². The van der Waals surface area contributed by atoms with Crippen LogP contribution in [0.15, 0.2) is 0 Å². The molecule has 0 aromatic carbocycles. The summed E-state index contributed by atoms with van der Waals surface area (Å²) in [6, 6.07) is -0.748. The molecular weight excluding hydrogens is 246 g/mol. The van der Waals surface area contributed by atoms with E-state index in [0.29, 0.717) is 19.1 Å². The summed E-state index contributed by atoms with van der Waals surface area (Å²) in [6.45, 7) is 7.80. The summed E-state index contributed by atoms with van der Waals surface area (Å²) >= 11 is 0. The largest absolute Gasteiger partial charge is 0.480 e. The average Bonchev–Trinajstić information content (AvgIpc) is 2.35. The molecule has 0 aromatic heterocycles. The number of hydrogen-bond donors (Lipinski definition) is 2. The molecule has 110 valence electrons. The number of nitrogens with one attached hydrogen (secondary N) is 1. The smallest absolute Gasteiger partial charge is 0.326 e. The summed E-state index contributed by atoms with van der Waals surface area (Å²) in [4.78, 5) is 27.2. The van der Waals surface area contributed by atoms with Crippen LogP contribution in [-0.4, -0.2) is 65.7 Å². The van der Waals surface area contributed by atoms with E-state index < -0.39 is 12.0 Å². The zero-order valence-corrected chi connectivity index (χ0v) is 12.2. The molecule has 1 aliphatic heterocycles. The summed E-state index contributed by atoms with van der Waals surface area (Å²) in [5.74, 6) is -1.11. The number of likely N-dealkylation sites (N-methyl/N-ethyl adjacent to an activating group) is 1. The number of carboxylic acids is 1. The van der Waals surface area contributed by atoms with Gasteiger partial charge in [0, 0.05) is 25.7 Å². The molecule has 1 saturated heterocycles. The van der Waals surface area contributed by atoms with Crippen LogP contribution in [0.3, 0.4) is 0 Å². The van der Waals surface area contributed by atoms with Gasteiger partial charge in [0.25, 0.3) is 0 Å². The van der Waals surface area contributed by atoms with Gasteiger partial charge in [0.15, 0.2) is 0 Å². The molecule has 1 rings (SSSR count). The van der Waals surface area contributed by atoms with E-state index >= 15 is 0 Å². The van der Waals surface area contributed by atoms with E-state index in [1.165, 1.54) is 0 Å². The first kappa shape index (κ1) is 15.8. The number of carbonyl (C=O) groups is 2. The first-order chi connectivity index (χ1) is 8.86. The minimum absolute atomic E-state index is 0.129. The summed E-state index contributed by atoms with van der Waals surface area (Å²) in [6.07, 6.45) is 0.979. The predicted octanol–water partition coefficient (Wildman–Crippen LogP) is 0.831. The van der Waals surface area contributed by atoms with E-state index in [2.05, 4.69) is 24.2 Å². The van der Waals surface area contributed by atoms with Crippen molar-refractivity contribution in [1.29, 1.82) is 0 Å². The number of urea groups is 1. The minimum atomic E-state index is -0.982. The predicted molar refractivity (Wildman–Crippen MR) is 73.1 cm³/mol. The van der Waals surface area contributed by atoms with Gasteiger partial charge in [-0.1, -0.05) is 20.8 Å². The van der Waals surface area contributed by atoms with Crippen molar-refractivity contribution in [3.8, 4) is 0 Å². The molecule has 1 heterocycles. The molecule has 0 aliphatic carbocycles. The number of carboxylic acid groups (broad SMARTS) is 1. The van der Waals surface area contributed by atoms with Gasteiger partial charge in [-0.3, -0.25) is 4.90 Å². The molecule has 1 unspecified atom stereocenters. The first-order valence-corrected chi connectivity index (χ1v) is 6.85. The number of amides is 2. The summed E-state index contributed by atoms with van der Waals surface area (Å²) < 4.78 is 0. The lowest BCUT2D eigenvalue weighted by atomic mass is 10.1. The Morgan fingerprint density at radius 3 is 2.47 bits per heavy atom. The van der Waals surface area contributed by atoms with Crippen molar-refractivity contribution < 1.29 is 14.7 Å². The third-order valence-corrected chi connectivity index (χ3v) is 3.75. The van der Waals surface area contributed by atoms with Gasteiger partial charge in [-0.2, -0.15) is 0 Å². The number of carbonyl (C=O) groups excluding carboxylic acids is 1. The standard InChI is InChI=1S/C13H25N3O3/c1-5-10-8-16(7-6-15(10)4)13(19)14-11(9(2)3)12(17)18/h9-11H,5-8H2,1-4H3,(H,14,19)(H,17,18)/t10?,11-/m1/s1. The SMILES string of the molecule is CCC1CN(C(=O)N[C@@H](C(=O)O)C(C)C)CCN1C. The molecule has 1 aliphatic rings. The van der Waals surface area contributed by atoms with Gasteiger partial charge < -0.3 is 15.3 Å². The highest BCUT2D eigenvalue weighted by molar-refractivity contribution is 5.82. The highest BCUT2D eigenvalue weighted by Gasteiger charge is 2.30. The van der Waals surface area contributed by atoms with E-state index in [1.54, 1.807) is 18.7 Å². The highest BCUT2D eigenvalue weighted by atomic mass is 16.4. The Labute approximate surface area is 114 Å². The minimum Gasteiger partial charge on any atom is -0.480 e. The number of nitrogens with zero attached hydrogens (tertiary/aromatic N) is 2. The Bertz CT molecular complexity index is 333. The third-order valence-electron chi connectivity index (χ3n) is 3.75. The van der Waals surface area contributed by atoms with Crippen molar-refractivity contribution in [2.45, 2.75) is 39.3 Å². The average molecular weight is 271 g/mol. The van der Waals surface area contributed by atoms with Gasteiger partial charge in [0.2, 0.25) is 0 Å². The van der Waals surface area contributed by atoms with E-state index in [-0.39, 0.29) is 11.9 Å². The lowest BCUT2D eigenvalue weighted by Gasteiger charge is -2.39. The zero-order valence-electron chi connectivity index (χ0n) is 12.2. The van der Waals surface area contributed by atoms with Gasteiger partial charge in [-0.25, -0.2) is 9.59 Å². The molecule has 0 bridgehead atoms. The maximum atomic E-state index is 12.1. The maximum absolute atomic E-state index is 12.1. The molecule has 0 saturated carbocycles. The van der Waals surface area contributed by atoms with Gasteiger partial charge in [0.1, 0.15) is 6.04 Å². The molecule has 2 N–H and O–H groups in total. The molecule has 6 heteroatoms. The fourth-order valence-corrected chi connectivity index (χ4v) is 2.31. The van der Waals surface area contributed by atoms with Gasteiger partial charge in [-0.05, 0) is 19.4 Å². The molecule has 6 nitrogen and oxygen atoms in total. The zero-order chi connectivity index (χ0) is 14.6. The van der Waals surface area contributed by atoms with E-state index in [0.717, 1.165) is 13.0 Å². The van der Waals surface area contributed by atoms with Gasteiger partial charge in [-0.15, -0.1) is 0 Å². The van der Waals surface area contributed by atoms with Crippen LogP contribution >= 0.6 is 0 Å². The molecule has 0 aromatic rings. The van der Waals surface area contributed by atoms with Crippen LogP contribution in [-0.2, 0) is 4.79 Å². The normalized spacial score (nSPS) is 22.4. The number of aliphatic carboxylic acids is 1. The summed E-state index contributed by atoms with van der Waals surface area (Å²) in [5.41, 5.74) is 0. The lowest BCUT2D eigenvalue weighted by molar-refractivity contribution is -0.140. The Kier molecular flexibility index (Phi) is 5.60. The van der Waals surface area contributed by atoms with Crippen molar-refractivity contribution >= 4 is 12.0 Å². The molecular formula is C13H25N3O3. The summed E-state index contributed by atoms with van der Waals surface area (Å²) in [7, 11) is 2.05. The van der Waals surface area contributed by atoms with Crippen molar-refractivity contribution in [3.63, 3.8) is 0 Å². The van der Waals surface area contributed by atoms with Crippen LogP contribution in [0.4, 0.5) is 4.79 Å². The molecule has 0 spiro atoms. The maximum Gasteiger partial charge on any atom is 0.326 e. The van der Waals surface area contributed by atoms with Crippen LogP contribution in [0.5, 0.6) is 0 Å². The highest BCUT2D eigenvalue weighted by Crippen LogP contribution is 2.11. The first-order valence-electron chi connectivity index (χ1n) is 6.85. The topological polar surface area (TPSA) is 72.9 Å². The second-order valence-corrected chi connectivity index (χ2v) is 5.50. The molecule has 2 amide bonds. The number of hydrogen-bond acceptors (Lipinski definition) is 3. The van der Waals surface area contributed by atoms with Crippen LogP contribution in [0, 0.1) is 5.92 Å². The fourth-order valence-electron chi connectivity index (χ4n) is 2.31. The van der Waals surface area contributed by atoms with Gasteiger partial charge >= 0.3 is 12.0 Å². The van der Waals surface area contributed by atoms with E-state index in [1.807, 2.05) is 0 Å². The van der Waals surface area contributed by atoms with Crippen molar-refractivity contribution in [2.24, 2.45) is 5.92 Å². The quantitative estimate of drug-likeness (QED) is 0.794. The second kappa shape index (κ2) is 6.75. The fraction of sp³-hybridized carbons (Fsp3) is 0.846. The van der Waals surface area contributed by atoms with E-state index in [9.17, 15) is 9.59 Å². The Morgan fingerprint density at radius 1 is 1.37 bits per heavy atom. The van der Waals surface area contributed by atoms with Crippen molar-refractivity contribution in [1.82, 2.24) is 15.1 Å². The van der Waals surface area contributed by atoms with Crippen LogP contribution in [0.25, 0.3) is 0 Å². The molecule has 19 heavy (non-hydrogen) atoms. The Balaban J connectivity index is 2.60. The van der Waals surface area contributed by atoms with Crippen LogP contribution in [0.1, 0.15) is 27.2 Å². The third kappa shape index (κ3) is 4.09. The summed E-state index contributed by atoms with van der Waals surface area (Å²) in [5, 5.41) is 11.7. The Morgan fingerprint density at radius 2 is 2.00 bits per heavy atom. The monoisotopic (exact) mass is 271 g/mol. The van der Waals surface area contributed by atoms with E-state index in [4.69, 9.17) is 5.11 Å². The van der Waals surface area contributed by atoms with Crippen LogP contribution < -0.4 is 5.32 Å². The Hall–Kier alpha value is -1.30. The van der Waals surface area contributed by atoms with Gasteiger partial charge in [0.05, 0.1) is 0 Å². The molecule has 0 radical (unpaired) electrons.